The number of aryl methyl sites for hydroxylation is 1. The van der Waals surface area contributed by atoms with Crippen molar-refractivity contribution < 1.29 is 4.42 Å². The van der Waals surface area contributed by atoms with Crippen molar-refractivity contribution in [3.63, 3.8) is 0 Å². The molecule has 1 N–H and O–H groups in total. The van der Waals surface area contributed by atoms with Crippen molar-refractivity contribution in [1.29, 1.82) is 0 Å². The maximum Gasteiger partial charge on any atom is 0.212 e. The molecule has 1 aliphatic heterocycles. The van der Waals surface area contributed by atoms with E-state index in [4.69, 9.17) is 4.42 Å². The third kappa shape index (κ3) is 7.95. The summed E-state index contributed by atoms with van der Waals surface area (Å²) in [5.74, 6) is 0. The Morgan fingerprint density at radius 1 is 0.435 bits per heavy atom. The van der Waals surface area contributed by atoms with Crippen LogP contribution in [0, 0.1) is 6.92 Å². The number of anilines is 5. The van der Waals surface area contributed by atoms with E-state index in [0.717, 1.165) is 51.7 Å². The van der Waals surface area contributed by atoms with Crippen LogP contribution in [0.4, 0.5) is 28.4 Å². The van der Waals surface area contributed by atoms with E-state index in [9.17, 15) is 0 Å². The van der Waals surface area contributed by atoms with Crippen LogP contribution in [-0.4, -0.2) is 7.28 Å². The lowest BCUT2D eigenvalue weighted by atomic mass is 9.60. The molecule has 3 nitrogen and oxygen atoms in total. The lowest BCUT2D eigenvalue weighted by Crippen LogP contribution is -2.40. The first kappa shape index (κ1) is 55.5. The molecule has 15 rings (SSSR count). The van der Waals surface area contributed by atoms with Crippen molar-refractivity contribution in [3.8, 4) is 22.3 Å². The Labute approximate surface area is 513 Å². The minimum Gasteiger partial charge on any atom is -0.455 e. The quantitative estimate of drug-likeness (QED) is 0.178. The molecule has 5 heteroatoms. The number of nitrogens with one attached hydrogen (secondary N) is 1. The lowest BCUT2D eigenvalue weighted by molar-refractivity contribution is 0.331. The SMILES string of the molecule is Cc1cc2c(cc1N1c3cc4c(oc5ccccc54)c(-c4cc5c(cc4Nc4ccc6c(c4)C(C)(C)CCC6(C)C)-c4cc6c(cc4C5(C)C)C(C)(C)CCC6(C)C)c3[B]c3sc4cc5c(cc4c31)C(C)(C)CCC5(C)C)C(C)(C)CCC2(C)C. The van der Waals surface area contributed by atoms with Gasteiger partial charge in [0.1, 0.15) is 11.2 Å². The van der Waals surface area contributed by atoms with Crippen LogP contribution in [0.1, 0.15) is 237 Å². The molecule has 0 unspecified atom stereocenters. The number of nitrogens with zero attached hydrogens (tertiary/aromatic N) is 1. The number of thiophene rings is 1. The van der Waals surface area contributed by atoms with Crippen LogP contribution < -0.4 is 20.5 Å². The van der Waals surface area contributed by atoms with Gasteiger partial charge in [-0.15, -0.1) is 11.3 Å². The van der Waals surface area contributed by atoms with Crippen LogP contribution in [0.2, 0.25) is 0 Å². The average molecular weight is 1140 g/mol. The van der Waals surface area contributed by atoms with Crippen molar-refractivity contribution in [1.82, 2.24) is 0 Å². The van der Waals surface area contributed by atoms with E-state index in [-0.39, 0.29) is 48.7 Å². The molecule has 0 fully saturated rings. The first-order valence-electron chi connectivity index (χ1n) is 32.4. The fraction of sp³-hybridized carbons (Fsp3) is 0.450. The molecule has 2 aromatic heterocycles. The fourth-order valence-corrected chi connectivity index (χ4v) is 18.5. The van der Waals surface area contributed by atoms with Crippen molar-refractivity contribution >= 4 is 89.3 Å². The minimum absolute atomic E-state index is 0.0178. The monoisotopic (exact) mass is 1140 g/mol. The maximum absolute atomic E-state index is 7.47. The summed E-state index contributed by atoms with van der Waals surface area (Å²) in [6.45, 7) is 46.9. The highest BCUT2D eigenvalue weighted by Crippen LogP contribution is 2.59. The number of hydrogen-bond donors (Lipinski definition) is 1. The highest BCUT2D eigenvalue weighted by molar-refractivity contribution is 7.29. The second-order valence-corrected chi connectivity index (χ2v) is 34.6. The van der Waals surface area contributed by atoms with E-state index in [1.807, 2.05) is 11.3 Å². The molecular formula is C80H90BN2OS. The van der Waals surface area contributed by atoms with Gasteiger partial charge in [-0.3, -0.25) is 0 Å². The highest BCUT2D eigenvalue weighted by Gasteiger charge is 2.46. The third-order valence-electron chi connectivity index (χ3n) is 23.7. The zero-order valence-electron chi connectivity index (χ0n) is 54.7. The Balaban J connectivity index is 1.06. The zero-order chi connectivity index (χ0) is 60.0. The number of para-hydroxylation sites is 1. The molecule has 1 radical (unpaired) electrons. The largest absolute Gasteiger partial charge is 0.455 e. The molecule has 0 saturated heterocycles. The number of hydrogen-bond acceptors (Lipinski definition) is 4. The smallest absolute Gasteiger partial charge is 0.212 e. The van der Waals surface area contributed by atoms with Crippen molar-refractivity contribution in [2.45, 2.75) is 232 Å². The number of fused-ring (bicyclic) bond motifs is 14. The van der Waals surface area contributed by atoms with E-state index >= 15 is 0 Å². The average Bonchev–Trinajstić information content (AvgIpc) is 1.71. The zero-order valence-corrected chi connectivity index (χ0v) is 55.6. The van der Waals surface area contributed by atoms with Crippen LogP contribution in [0.5, 0.6) is 0 Å². The van der Waals surface area contributed by atoms with E-state index in [0.29, 0.717) is 0 Å². The molecular weight excluding hydrogens is 1050 g/mol. The van der Waals surface area contributed by atoms with Gasteiger partial charge in [0.2, 0.25) is 7.28 Å². The molecule has 3 heterocycles. The molecule has 9 aromatic rings. The summed E-state index contributed by atoms with van der Waals surface area (Å²) >= 11 is 1.98. The standard InChI is InChI=1S/C80H90BN2OS/c1-44-34-55-60(78(14,15)32-28-73(55,4)5)42-63(44)83-64-40-49-46-22-20-21-23-65(46)84-70(49)67(68(64)81-71-69(83)51-38-58-61(43-66(51)85-71)79(16,17)33-30-76(58,10)11)50-37-53-48(39-62(50)82-45-24-25-52-56(35-45)74(6,7)27-26-72(52,2)3)47-36-57-59(41-54(47)80(53,18)19)77(12,13)31-29-75(57,8)9/h20-25,34-43,82H,26-33H2,1-19H3. The van der Waals surface area contributed by atoms with Gasteiger partial charge >= 0.3 is 0 Å². The van der Waals surface area contributed by atoms with Crippen LogP contribution >= 0.6 is 11.3 Å². The van der Waals surface area contributed by atoms with Crippen LogP contribution in [-0.2, 0) is 48.7 Å². The second kappa shape index (κ2) is 17.4. The van der Waals surface area contributed by atoms with Gasteiger partial charge in [0, 0.05) is 60.2 Å². The van der Waals surface area contributed by atoms with Gasteiger partial charge in [0.15, 0.2) is 0 Å². The summed E-state index contributed by atoms with van der Waals surface area (Å²) < 4.78 is 10.1. The fourth-order valence-electron chi connectivity index (χ4n) is 17.4. The predicted molar refractivity (Wildman–Crippen MR) is 367 cm³/mol. The predicted octanol–water partition coefficient (Wildman–Crippen LogP) is 21.7. The molecule has 0 atom stereocenters. The molecule has 5 aliphatic carbocycles. The topological polar surface area (TPSA) is 28.4 Å². The van der Waals surface area contributed by atoms with Gasteiger partial charge in [-0.2, -0.15) is 0 Å². The Kier molecular flexibility index (Phi) is 11.4. The Morgan fingerprint density at radius 3 is 1.55 bits per heavy atom. The normalized spacial score (nSPS) is 21.4. The van der Waals surface area contributed by atoms with Gasteiger partial charge in [0.25, 0.3) is 0 Å². The van der Waals surface area contributed by atoms with Gasteiger partial charge < -0.3 is 14.6 Å². The Bertz CT molecular complexity index is 4420. The van der Waals surface area contributed by atoms with Gasteiger partial charge in [-0.25, -0.2) is 0 Å². The van der Waals surface area contributed by atoms with E-state index in [2.05, 4.69) is 246 Å². The molecule has 0 amide bonds. The van der Waals surface area contributed by atoms with Gasteiger partial charge in [0.05, 0.1) is 5.69 Å². The first-order valence-corrected chi connectivity index (χ1v) is 33.2. The number of rotatable bonds is 4. The summed E-state index contributed by atoms with van der Waals surface area (Å²) in [6, 6.07) is 39.6. The van der Waals surface area contributed by atoms with Crippen molar-refractivity contribution in [2.24, 2.45) is 0 Å². The number of benzene rings is 7. The van der Waals surface area contributed by atoms with E-state index < -0.39 is 0 Å². The van der Waals surface area contributed by atoms with Crippen LogP contribution in [0.25, 0.3) is 54.3 Å². The van der Waals surface area contributed by atoms with Crippen molar-refractivity contribution in [3.05, 3.63) is 158 Å². The molecule has 0 spiro atoms. The molecule has 6 aliphatic rings. The van der Waals surface area contributed by atoms with Crippen molar-refractivity contribution in [2.75, 3.05) is 10.2 Å². The summed E-state index contributed by atoms with van der Waals surface area (Å²) in [5.41, 5.74) is 30.5. The molecule has 85 heavy (non-hydrogen) atoms. The van der Waals surface area contributed by atoms with Crippen LogP contribution in [0.3, 0.4) is 0 Å². The van der Waals surface area contributed by atoms with E-state index in [1.54, 1.807) is 0 Å². The second-order valence-electron chi connectivity index (χ2n) is 33.5. The molecule has 0 bridgehead atoms. The van der Waals surface area contributed by atoms with Gasteiger partial charge in [-0.1, -0.05) is 161 Å². The minimum atomic E-state index is -0.274. The summed E-state index contributed by atoms with van der Waals surface area (Å²) in [6.07, 6.45) is 9.40. The summed E-state index contributed by atoms with van der Waals surface area (Å²) in [4.78, 5) is 2.75. The lowest BCUT2D eigenvalue weighted by Gasteiger charge is -2.44. The van der Waals surface area contributed by atoms with Crippen LogP contribution in [0.15, 0.2) is 101 Å². The number of furan rings is 1. The summed E-state index contributed by atoms with van der Waals surface area (Å²) in [5, 5.41) is 7.94. The molecule has 435 valence electrons. The first-order chi connectivity index (χ1) is 39.7. The molecule has 0 saturated carbocycles. The van der Waals surface area contributed by atoms with E-state index in [1.165, 1.54) is 154 Å². The maximum atomic E-state index is 7.47. The highest BCUT2D eigenvalue weighted by atomic mass is 32.1. The Morgan fingerprint density at radius 2 is 0.929 bits per heavy atom. The van der Waals surface area contributed by atoms with Gasteiger partial charge in [-0.05, 0) is 245 Å². The summed E-state index contributed by atoms with van der Waals surface area (Å²) in [7, 11) is 2.59. The molecule has 7 aromatic carbocycles. The Hall–Kier alpha value is -6.04. The third-order valence-corrected chi connectivity index (χ3v) is 24.8.